The van der Waals surface area contributed by atoms with Gasteiger partial charge in [0, 0.05) is 17.0 Å². The quantitative estimate of drug-likeness (QED) is 0.578. The molecule has 122 valence electrons. The zero-order valence-electron chi connectivity index (χ0n) is 13.2. The summed E-state index contributed by atoms with van der Waals surface area (Å²) in [6, 6.07) is 15.4. The molecule has 0 unspecified atom stereocenters. The molecular weight excluding hydrogens is 328 g/mol. The summed E-state index contributed by atoms with van der Waals surface area (Å²) < 4.78 is 0. The summed E-state index contributed by atoms with van der Waals surface area (Å²) in [5.74, 6) is 0.640. The van der Waals surface area contributed by atoms with Crippen LogP contribution in [0.3, 0.4) is 0 Å². The van der Waals surface area contributed by atoms with Crippen molar-refractivity contribution < 1.29 is 4.79 Å². The van der Waals surface area contributed by atoms with Crippen LogP contribution in [0.4, 0.5) is 0 Å². The molecule has 0 aliphatic carbocycles. The third-order valence-corrected chi connectivity index (χ3v) is 5.04. The second-order valence-electron chi connectivity index (χ2n) is 5.43. The molecule has 0 spiro atoms. The number of carbonyl (C=O) groups is 1. The zero-order chi connectivity index (χ0) is 16.7. The molecule has 5 heteroatoms. The smallest absolute Gasteiger partial charge is 0.248 e. The van der Waals surface area contributed by atoms with E-state index >= 15 is 0 Å². The SMILES string of the molecule is CN(CCCSc1ccccc1Cl)Cc1cccc(C(N)=O)c1. The Balaban J connectivity index is 1.75. The Kier molecular flexibility index (Phi) is 6.96. The summed E-state index contributed by atoms with van der Waals surface area (Å²) in [4.78, 5) is 14.6. The predicted octanol–water partition coefficient (Wildman–Crippen LogP) is 4.05. The average Bonchev–Trinajstić information content (AvgIpc) is 2.53. The van der Waals surface area contributed by atoms with Gasteiger partial charge in [0.05, 0.1) is 5.02 Å². The minimum Gasteiger partial charge on any atom is -0.366 e. The molecule has 2 rings (SSSR count). The number of nitrogens with two attached hydrogens (primary N) is 1. The topological polar surface area (TPSA) is 46.3 Å². The summed E-state index contributed by atoms with van der Waals surface area (Å²) in [5.41, 5.74) is 6.97. The highest BCUT2D eigenvalue weighted by molar-refractivity contribution is 7.99. The summed E-state index contributed by atoms with van der Waals surface area (Å²) in [6.45, 7) is 1.79. The first-order chi connectivity index (χ1) is 11.1. The van der Waals surface area contributed by atoms with Gasteiger partial charge in [-0.15, -0.1) is 11.8 Å². The van der Waals surface area contributed by atoms with Crippen molar-refractivity contribution in [2.45, 2.75) is 17.9 Å². The van der Waals surface area contributed by atoms with Crippen LogP contribution >= 0.6 is 23.4 Å². The van der Waals surface area contributed by atoms with Gasteiger partial charge >= 0.3 is 0 Å². The number of nitrogens with zero attached hydrogens (tertiary/aromatic N) is 1. The molecule has 0 saturated carbocycles. The van der Waals surface area contributed by atoms with Crippen LogP contribution in [0.2, 0.25) is 5.02 Å². The molecule has 2 aromatic rings. The van der Waals surface area contributed by atoms with E-state index in [9.17, 15) is 4.79 Å². The van der Waals surface area contributed by atoms with Crippen molar-refractivity contribution in [2.75, 3.05) is 19.3 Å². The third-order valence-electron chi connectivity index (χ3n) is 3.44. The number of hydrogen-bond donors (Lipinski definition) is 1. The Labute approximate surface area is 146 Å². The van der Waals surface area contributed by atoms with Gasteiger partial charge in [-0.3, -0.25) is 4.79 Å². The van der Waals surface area contributed by atoms with Crippen LogP contribution in [-0.4, -0.2) is 30.2 Å². The second-order valence-corrected chi connectivity index (χ2v) is 6.98. The molecule has 0 radical (unpaired) electrons. The number of benzene rings is 2. The average molecular weight is 349 g/mol. The first-order valence-corrected chi connectivity index (χ1v) is 8.87. The van der Waals surface area contributed by atoms with Crippen molar-refractivity contribution >= 4 is 29.3 Å². The maximum Gasteiger partial charge on any atom is 0.248 e. The summed E-state index contributed by atoms with van der Waals surface area (Å²) in [5, 5.41) is 0.814. The van der Waals surface area contributed by atoms with Crippen molar-refractivity contribution in [1.82, 2.24) is 4.90 Å². The summed E-state index contributed by atoms with van der Waals surface area (Å²) in [6.07, 6.45) is 1.07. The minimum atomic E-state index is -0.384. The first-order valence-electron chi connectivity index (χ1n) is 7.51. The normalized spacial score (nSPS) is 10.9. The number of amides is 1. The fourth-order valence-corrected chi connectivity index (χ4v) is 3.47. The molecule has 0 saturated heterocycles. The molecule has 0 heterocycles. The first kappa shape index (κ1) is 17.9. The van der Waals surface area contributed by atoms with Gasteiger partial charge in [0.1, 0.15) is 0 Å². The Morgan fingerprint density at radius 3 is 2.74 bits per heavy atom. The number of thioether (sulfide) groups is 1. The molecule has 0 aliphatic rings. The van der Waals surface area contributed by atoms with E-state index in [2.05, 4.69) is 11.9 Å². The molecule has 2 N–H and O–H groups in total. The van der Waals surface area contributed by atoms with Gasteiger partial charge in [-0.2, -0.15) is 0 Å². The van der Waals surface area contributed by atoms with E-state index < -0.39 is 0 Å². The van der Waals surface area contributed by atoms with Gasteiger partial charge in [-0.25, -0.2) is 0 Å². The fraction of sp³-hybridized carbons (Fsp3) is 0.278. The van der Waals surface area contributed by atoms with Crippen LogP contribution in [0.1, 0.15) is 22.3 Å². The fourth-order valence-electron chi connectivity index (χ4n) is 2.29. The van der Waals surface area contributed by atoms with E-state index in [4.69, 9.17) is 17.3 Å². The highest BCUT2D eigenvalue weighted by Crippen LogP contribution is 2.26. The molecule has 2 aromatic carbocycles. The van der Waals surface area contributed by atoms with Gasteiger partial charge in [-0.05, 0) is 55.6 Å². The molecule has 0 atom stereocenters. The predicted molar refractivity (Wildman–Crippen MR) is 98.1 cm³/mol. The lowest BCUT2D eigenvalue weighted by atomic mass is 10.1. The standard InChI is InChI=1S/C18H21ClN2OS/c1-21(13-14-6-4-7-15(12-14)18(20)22)10-5-11-23-17-9-3-2-8-16(17)19/h2-4,6-9,12H,5,10-11,13H2,1H3,(H2,20,22). The molecule has 1 amide bonds. The van der Waals surface area contributed by atoms with E-state index in [1.165, 1.54) is 0 Å². The van der Waals surface area contributed by atoms with Gasteiger partial charge < -0.3 is 10.6 Å². The van der Waals surface area contributed by atoms with Crippen LogP contribution < -0.4 is 5.73 Å². The van der Waals surface area contributed by atoms with Crippen LogP contribution in [-0.2, 0) is 6.54 Å². The van der Waals surface area contributed by atoms with Gasteiger partial charge in [0.15, 0.2) is 0 Å². The van der Waals surface area contributed by atoms with Crippen molar-refractivity contribution in [3.05, 3.63) is 64.7 Å². The highest BCUT2D eigenvalue weighted by atomic mass is 35.5. The largest absolute Gasteiger partial charge is 0.366 e. The lowest BCUT2D eigenvalue weighted by molar-refractivity contribution is 0.1000. The van der Waals surface area contributed by atoms with E-state index in [0.717, 1.165) is 40.7 Å². The van der Waals surface area contributed by atoms with Crippen LogP contribution in [0.25, 0.3) is 0 Å². The lowest BCUT2D eigenvalue weighted by Crippen LogP contribution is -2.20. The molecule has 0 aliphatic heterocycles. The molecular formula is C18H21ClN2OS. The lowest BCUT2D eigenvalue weighted by Gasteiger charge is -2.17. The van der Waals surface area contributed by atoms with Crippen LogP contribution in [0.5, 0.6) is 0 Å². The highest BCUT2D eigenvalue weighted by Gasteiger charge is 2.05. The van der Waals surface area contributed by atoms with Crippen LogP contribution in [0, 0.1) is 0 Å². The minimum absolute atomic E-state index is 0.384. The van der Waals surface area contributed by atoms with E-state index in [0.29, 0.717) is 5.56 Å². The van der Waals surface area contributed by atoms with E-state index in [1.807, 2.05) is 42.5 Å². The van der Waals surface area contributed by atoms with Crippen molar-refractivity contribution in [1.29, 1.82) is 0 Å². The van der Waals surface area contributed by atoms with Gasteiger partial charge in [0.25, 0.3) is 0 Å². The Morgan fingerprint density at radius 1 is 1.22 bits per heavy atom. The number of carbonyl (C=O) groups excluding carboxylic acids is 1. The number of rotatable bonds is 8. The monoisotopic (exact) mass is 348 g/mol. The van der Waals surface area contributed by atoms with Crippen molar-refractivity contribution in [2.24, 2.45) is 5.73 Å². The molecule has 23 heavy (non-hydrogen) atoms. The Bertz CT molecular complexity index is 663. The van der Waals surface area contributed by atoms with E-state index in [1.54, 1.807) is 17.8 Å². The maximum absolute atomic E-state index is 11.2. The van der Waals surface area contributed by atoms with Gasteiger partial charge in [-0.1, -0.05) is 35.9 Å². The van der Waals surface area contributed by atoms with Gasteiger partial charge in [0.2, 0.25) is 5.91 Å². The number of primary amides is 1. The number of hydrogen-bond acceptors (Lipinski definition) is 3. The van der Waals surface area contributed by atoms with E-state index in [-0.39, 0.29) is 5.91 Å². The second kappa shape index (κ2) is 8.96. The van der Waals surface area contributed by atoms with Crippen LogP contribution in [0.15, 0.2) is 53.4 Å². The number of halogens is 1. The molecule has 3 nitrogen and oxygen atoms in total. The zero-order valence-corrected chi connectivity index (χ0v) is 14.7. The Morgan fingerprint density at radius 2 is 2.00 bits per heavy atom. The van der Waals surface area contributed by atoms with Crippen molar-refractivity contribution in [3.63, 3.8) is 0 Å². The molecule has 0 bridgehead atoms. The third kappa shape index (κ3) is 5.90. The summed E-state index contributed by atoms with van der Waals surface area (Å²) >= 11 is 7.93. The Hall–Kier alpha value is -1.49. The summed E-state index contributed by atoms with van der Waals surface area (Å²) in [7, 11) is 2.08. The molecule has 0 aromatic heterocycles. The molecule has 0 fully saturated rings. The maximum atomic E-state index is 11.2. The van der Waals surface area contributed by atoms with Crippen molar-refractivity contribution in [3.8, 4) is 0 Å².